The molecule has 0 saturated carbocycles. The van der Waals surface area contributed by atoms with Gasteiger partial charge in [-0.3, -0.25) is 0 Å². The Hall–Kier alpha value is -1.20. The molecule has 0 fully saturated rings. The molecule has 0 atom stereocenters. The summed E-state index contributed by atoms with van der Waals surface area (Å²) in [5, 5.41) is 3.07. The average Bonchev–Trinajstić information content (AvgIpc) is 2.35. The molecule has 1 rings (SSSR count). The molecule has 0 amide bonds. The van der Waals surface area contributed by atoms with E-state index in [1.54, 1.807) is 6.07 Å². The lowest BCUT2D eigenvalue weighted by Gasteiger charge is -2.27. The lowest BCUT2D eigenvalue weighted by Crippen LogP contribution is -2.34. The second kappa shape index (κ2) is 8.07. The number of likely N-dealkylation sites (N-methyl/N-ethyl adjacent to an activating group) is 1. The minimum absolute atomic E-state index is 0.280. The summed E-state index contributed by atoms with van der Waals surface area (Å²) in [5.74, 6) is 0.609. The van der Waals surface area contributed by atoms with Crippen LogP contribution in [0.3, 0.4) is 0 Å². The standard InChI is InChI=1S/C14H25FN4/c1-5-6-19(8-7-18(3)4)14-12(10-16-2)9-13(15)11-17-14/h9,11,16H,5-8,10H2,1-4H3. The number of aromatic nitrogens is 1. The van der Waals surface area contributed by atoms with Gasteiger partial charge in [-0.25, -0.2) is 9.37 Å². The van der Waals surface area contributed by atoms with Gasteiger partial charge in [-0.2, -0.15) is 0 Å². The maximum Gasteiger partial charge on any atom is 0.141 e. The van der Waals surface area contributed by atoms with Crippen LogP contribution in [-0.2, 0) is 6.54 Å². The molecule has 1 N–H and O–H groups in total. The summed E-state index contributed by atoms with van der Waals surface area (Å²) in [7, 11) is 5.96. The fourth-order valence-corrected chi connectivity index (χ4v) is 1.99. The van der Waals surface area contributed by atoms with Crippen molar-refractivity contribution < 1.29 is 4.39 Å². The van der Waals surface area contributed by atoms with Crippen LogP contribution in [0.5, 0.6) is 0 Å². The molecule has 0 bridgehead atoms. The Bertz CT molecular complexity index is 382. The smallest absolute Gasteiger partial charge is 0.141 e. The molecule has 0 unspecified atom stereocenters. The van der Waals surface area contributed by atoms with E-state index in [4.69, 9.17) is 0 Å². The number of nitrogens with one attached hydrogen (secondary N) is 1. The molecule has 1 aromatic rings. The van der Waals surface area contributed by atoms with Gasteiger partial charge in [0.1, 0.15) is 11.6 Å². The first kappa shape index (κ1) is 15.9. The van der Waals surface area contributed by atoms with Gasteiger partial charge in [-0.05, 0) is 33.6 Å². The normalized spacial score (nSPS) is 11.1. The molecule has 0 saturated heterocycles. The topological polar surface area (TPSA) is 31.4 Å². The fourth-order valence-electron chi connectivity index (χ4n) is 1.99. The largest absolute Gasteiger partial charge is 0.355 e. The molecule has 0 radical (unpaired) electrons. The molecule has 1 aromatic heterocycles. The Labute approximate surface area is 115 Å². The predicted octanol–water partition coefficient (Wildman–Crippen LogP) is 1.72. The quantitative estimate of drug-likeness (QED) is 0.778. The van der Waals surface area contributed by atoms with E-state index in [1.165, 1.54) is 6.20 Å². The van der Waals surface area contributed by atoms with Gasteiger partial charge in [-0.15, -0.1) is 0 Å². The van der Waals surface area contributed by atoms with E-state index in [-0.39, 0.29) is 5.82 Å². The molecule has 0 aliphatic heterocycles. The molecule has 108 valence electrons. The average molecular weight is 268 g/mol. The van der Waals surface area contributed by atoms with E-state index in [1.807, 2.05) is 7.05 Å². The Morgan fingerprint density at radius 3 is 2.58 bits per heavy atom. The van der Waals surface area contributed by atoms with Gasteiger partial charge in [0, 0.05) is 31.7 Å². The van der Waals surface area contributed by atoms with Crippen LogP contribution in [0, 0.1) is 5.82 Å². The van der Waals surface area contributed by atoms with Crippen LogP contribution in [0.25, 0.3) is 0 Å². The van der Waals surface area contributed by atoms with Crippen LogP contribution in [0.1, 0.15) is 18.9 Å². The van der Waals surface area contributed by atoms with E-state index in [2.05, 4.69) is 41.1 Å². The van der Waals surface area contributed by atoms with Crippen LogP contribution < -0.4 is 10.2 Å². The Morgan fingerprint density at radius 1 is 1.26 bits per heavy atom. The molecule has 4 nitrogen and oxygen atoms in total. The third-order valence-electron chi connectivity index (χ3n) is 2.89. The van der Waals surface area contributed by atoms with Crippen molar-refractivity contribution in [1.29, 1.82) is 0 Å². The first-order chi connectivity index (χ1) is 9.08. The minimum atomic E-state index is -0.280. The predicted molar refractivity (Wildman–Crippen MR) is 78.0 cm³/mol. The monoisotopic (exact) mass is 268 g/mol. The van der Waals surface area contributed by atoms with E-state index in [0.29, 0.717) is 6.54 Å². The zero-order chi connectivity index (χ0) is 14.3. The van der Waals surface area contributed by atoms with Crippen LogP contribution in [0.15, 0.2) is 12.3 Å². The van der Waals surface area contributed by atoms with Crippen molar-refractivity contribution in [2.24, 2.45) is 0 Å². The van der Waals surface area contributed by atoms with Crippen LogP contribution >= 0.6 is 0 Å². The first-order valence-corrected chi connectivity index (χ1v) is 6.77. The number of pyridine rings is 1. The lowest BCUT2D eigenvalue weighted by atomic mass is 10.2. The number of anilines is 1. The number of nitrogens with zero attached hydrogens (tertiary/aromatic N) is 3. The molecule has 19 heavy (non-hydrogen) atoms. The molecule has 5 heteroatoms. The molecule has 0 spiro atoms. The molecular formula is C14H25FN4. The Morgan fingerprint density at radius 2 is 2.00 bits per heavy atom. The summed E-state index contributed by atoms with van der Waals surface area (Å²) in [4.78, 5) is 8.66. The summed E-state index contributed by atoms with van der Waals surface area (Å²) in [5.41, 5.74) is 0.912. The van der Waals surface area contributed by atoms with Gasteiger partial charge in [-0.1, -0.05) is 6.92 Å². The highest BCUT2D eigenvalue weighted by atomic mass is 19.1. The van der Waals surface area contributed by atoms with E-state index >= 15 is 0 Å². The van der Waals surface area contributed by atoms with Crippen LogP contribution in [0.2, 0.25) is 0 Å². The van der Waals surface area contributed by atoms with Gasteiger partial charge in [0.2, 0.25) is 0 Å². The SMILES string of the molecule is CCCN(CCN(C)C)c1ncc(F)cc1CNC. The third kappa shape index (κ3) is 5.12. The zero-order valence-corrected chi connectivity index (χ0v) is 12.4. The van der Waals surface area contributed by atoms with E-state index < -0.39 is 0 Å². The van der Waals surface area contributed by atoms with Crippen molar-refractivity contribution in [3.8, 4) is 0 Å². The van der Waals surface area contributed by atoms with Gasteiger partial charge in [0.15, 0.2) is 0 Å². The molecule has 0 aliphatic rings. The maximum atomic E-state index is 13.3. The van der Waals surface area contributed by atoms with Gasteiger partial charge >= 0.3 is 0 Å². The second-order valence-corrected chi connectivity index (χ2v) is 4.96. The molecule has 1 heterocycles. The highest BCUT2D eigenvalue weighted by Gasteiger charge is 2.13. The van der Waals surface area contributed by atoms with Crippen LogP contribution in [-0.4, -0.2) is 50.7 Å². The van der Waals surface area contributed by atoms with Crippen LogP contribution in [0.4, 0.5) is 10.2 Å². The van der Waals surface area contributed by atoms with Crippen molar-refractivity contribution in [1.82, 2.24) is 15.2 Å². The zero-order valence-electron chi connectivity index (χ0n) is 12.4. The summed E-state index contributed by atoms with van der Waals surface area (Å²) in [6, 6.07) is 1.57. The summed E-state index contributed by atoms with van der Waals surface area (Å²) in [6.07, 6.45) is 2.35. The fraction of sp³-hybridized carbons (Fsp3) is 0.643. The van der Waals surface area contributed by atoms with E-state index in [9.17, 15) is 4.39 Å². The van der Waals surface area contributed by atoms with E-state index in [0.717, 1.165) is 37.4 Å². The van der Waals surface area contributed by atoms with Gasteiger partial charge < -0.3 is 15.1 Å². The summed E-state index contributed by atoms with van der Waals surface area (Å²) in [6.45, 7) is 5.56. The second-order valence-electron chi connectivity index (χ2n) is 4.96. The molecule has 0 aliphatic carbocycles. The van der Waals surface area contributed by atoms with Crippen molar-refractivity contribution in [2.75, 3.05) is 45.7 Å². The lowest BCUT2D eigenvalue weighted by molar-refractivity contribution is 0.412. The number of halogens is 1. The number of rotatable bonds is 8. The summed E-state index contributed by atoms with van der Waals surface area (Å²) < 4.78 is 13.3. The Kier molecular flexibility index (Phi) is 6.73. The van der Waals surface area contributed by atoms with Crippen molar-refractivity contribution in [3.63, 3.8) is 0 Å². The highest BCUT2D eigenvalue weighted by molar-refractivity contribution is 5.47. The first-order valence-electron chi connectivity index (χ1n) is 6.77. The summed E-state index contributed by atoms with van der Waals surface area (Å²) >= 11 is 0. The van der Waals surface area contributed by atoms with Crippen molar-refractivity contribution in [2.45, 2.75) is 19.9 Å². The van der Waals surface area contributed by atoms with Crippen molar-refractivity contribution >= 4 is 5.82 Å². The number of hydrogen-bond donors (Lipinski definition) is 1. The highest BCUT2D eigenvalue weighted by Crippen LogP contribution is 2.18. The maximum absolute atomic E-state index is 13.3. The Balaban J connectivity index is 2.92. The number of hydrogen-bond acceptors (Lipinski definition) is 4. The molecule has 0 aromatic carbocycles. The molecular weight excluding hydrogens is 243 g/mol. The van der Waals surface area contributed by atoms with Gasteiger partial charge in [0.25, 0.3) is 0 Å². The third-order valence-corrected chi connectivity index (χ3v) is 2.89. The minimum Gasteiger partial charge on any atom is -0.355 e. The van der Waals surface area contributed by atoms with Gasteiger partial charge in [0.05, 0.1) is 6.20 Å². The van der Waals surface area contributed by atoms with Crippen molar-refractivity contribution in [3.05, 3.63) is 23.6 Å².